The van der Waals surface area contributed by atoms with E-state index in [9.17, 15) is 18.0 Å². The van der Waals surface area contributed by atoms with Gasteiger partial charge in [0, 0.05) is 13.8 Å². The molecule has 0 radical (unpaired) electrons. The fourth-order valence-electron chi connectivity index (χ4n) is 2.73. The molecule has 2 aliphatic rings. The van der Waals surface area contributed by atoms with Gasteiger partial charge in [-0.05, 0) is 13.8 Å². The molecule has 0 aliphatic carbocycles. The maximum absolute atomic E-state index is 11.4. The number of carbonyl (C=O) groups is 2. The van der Waals surface area contributed by atoms with Crippen molar-refractivity contribution in [3.8, 4) is 0 Å². The average molecular weight is 382 g/mol. The number of hydrogen-bond donors (Lipinski definition) is 0. The van der Waals surface area contributed by atoms with Gasteiger partial charge in [-0.3, -0.25) is 13.8 Å². The van der Waals surface area contributed by atoms with Crippen LogP contribution in [0.2, 0.25) is 0 Å². The lowest BCUT2D eigenvalue weighted by Gasteiger charge is -2.29. The summed E-state index contributed by atoms with van der Waals surface area (Å²) in [5.74, 6) is -2.22. The minimum Gasteiger partial charge on any atom is -0.457 e. The van der Waals surface area contributed by atoms with Crippen LogP contribution in [0.5, 0.6) is 0 Å². The third kappa shape index (κ3) is 5.35. The number of hydrogen-bond acceptors (Lipinski definition) is 10. The summed E-state index contributed by atoms with van der Waals surface area (Å²) < 4.78 is 54.5. The van der Waals surface area contributed by atoms with E-state index in [0.717, 1.165) is 13.2 Å². The molecule has 25 heavy (non-hydrogen) atoms. The largest absolute Gasteiger partial charge is 0.457 e. The molecule has 144 valence electrons. The molecule has 0 spiro atoms. The second-order valence-electron chi connectivity index (χ2n) is 6.28. The minimum atomic E-state index is -3.78. The van der Waals surface area contributed by atoms with Gasteiger partial charge in [-0.15, -0.1) is 0 Å². The highest BCUT2D eigenvalue weighted by molar-refractivity contribution is 7.85. The Morgan fingerprint density at radius 3 is 2.32 bits per heavy atom. The molecule has 10 nitrogen and oxygen atoms in total. The van der Waals surface area contributed by atoms with E-state index >= 15 is 0 Å². The number of carbonyl (C=O) groups excluding carboxylic acids is 2. The summed E-state index contributed by atoms with van der Waals surface area (Å²) in [5, 5.41) is 0. The first-order chi connectivity index (χ1) is 11.4. The Labute approximate surface area is 145 Å². The molecule has 0 aromatic rings. The number of ether oxygens (including phenoxy) is 5. The predicted octanol–water partition coefficient (Wildman–Crippen LogP) is -0.298. The van der Waals surface area contributed by atoms with Crippen molar-refractivity contribution in [2.45, 2.75) is 64.2 Å². The molecule has 0 unspecified atom stereocenters. The van der Waals surface area contributed by atoms with Crippen molar-refractivity contribution in [2.24, 2.45) is 0 Å². The van der Waals surface area contributed by atoms with Crippen LogP contribution >= 0.6 is 0 Å². The van der Waals surface area contributed by atoms with Crippen LogP contribution < -0.4 is 0 Å². The molecular formula is C14H22O10S. The van der Waals surface area contributed by atoms with E-state index in [4.69, 9.17) is 27.9 Å². The molecule has 2 saturated heterocycles. The van der Waals surface area contributed by atoms with Crippen LogP contribution in [0.3, 0.4) is 0 Å². The molecule has 0 aromatic carbocycles. The van der Waals surface area contributed by atoms with Gasteiger partial charge in [-0.1, -0.05) is 0 Å². The SMILES string of the molecule is CC(=O)O[C@@H]1[C@H]2OC(C)(C)O[C@H]2O[C@@H]1[C@H](COS(C)(=O)=O)OC(C)=O. The van der Waals surface area contributed by atoms with Crippen LogP contribution in [0.4, 0.5) is 0 Å². The normalized spacial score (nSPS) is 32.0. The lowest BCUT2D eigenvalue weighted by molar-refractivity contribution is -0.233. The molecule has 2 aliphatic heterocycles. The third-order valence-corrected chi connectivity index (χ3v) is 4.02. The Balaban J connectivity index is 2.22. The van der Waals surface area contributed by atoms with Crippen LogP contribution in [0, 0.1) is 0 Å². The molecule has 0 saturated carbocycles. The average Bonchev–Trinajstić information content (AvgIpc) is 2.86. The van der Waals surface area contributed by atoms with Crippen molar-refractivity contribution < 1.29 is 45.9 Å². The summed E-state index contributed by atoms with van der Waals surface area (Å²) in [5.41, 5.74) is 0. The summed E-state index contributed by atoms with van der Waals surface area (Å²) in [6.45, 7) is 5.21. The summed E-state index contributed by atoms with van der Waals surface area (Å²) in [6, 6.07) is 0. The topological polar surface area (TPSA) is 124 Å². The van der Waals surface area contributed by atoms with E-state index in [1.807, 2.05) is 0 Å². The Bertz CT molecular complexity index is 628. The van der Waals surface area contributed by atoms with Crippen LogP contribution in [-0.4, -0.2) is 69.7 Å². The zero-order valence-corrected chi connectivity index (χ0v) is 15.4. The van der Waals surface area contributed by atoms with E-state index in [-0.39, 0.29) is 0 Å². The van der Waals surface area contributed by atoms with Crippen molar-refractivity contribution >= 4 is 22.1 Å². The smallest absolute Gasteiger partial charge is 0.303 e. The standard InChI is InChI=1S/C14H22O10S/c1-7(15)20-9(6-19-25(5,17)18)10-11(21-8(2)16)12-13(22-10)24-14(3,4)23-12/h9-13H,6H2,1-5H3/t9-,10+,11-,12+,13+/m0/s1. The van der Waals surface area contributed by atoms with Gasteiger partial charge < -0.3 is 23.7 Å². The fraction of sp³-hybridized carbons (Fsp3) is 0.857. The second kappa shape index (κ2) is 7.16. The summed E-state index contributed by atoms with van der Waals surface area (Å²) in [6.07, 6.45) is -3.86. The van der Waals surface area contributed by atoms with Gasteiger partial charge >= 0.3 is 11.9 Å². The maximum Gasteiger partial charge on any atom is 0.303 e. The first-order valence-corrected chi connectivity index (χ1v) is 9.39. The van der Waals surface area contributed by atoms with Gasteiger partial charge in [0.2, 0.25) is 0 Å². The van der Waals surface area contributed by atoms with Gasteiger partial charge in [0.1, 0.15) is 12.7 Å². The summed E-state index contributed by atoms with van der Waals surface area (Å²) in [4.78, 5) is 22.8. The van der Waals surface area contributed by atoms with Crippen LogP contribution in [0.25, 0.3) is 0 Å². The Morgan fingerprint density at radius 2 is 1.80 bits per heavy atom. The van der Waals surface area contributed by atoms with Gasteiger partial charge in [0.15, 0.2) is 30.4 Å². The Morgan fingerprint density at radius 1 is 1.16 bits per heavy atom. The van der Waals surface area contributed by atoms with Gasteiger partial charge in [0.05, 0.1) is 6.26 Å². The number of esters is 2. The molecule has 0 N–H and O–H groups in total. The van der Waals surface area contributed by atoms with Gasteiger partial charge in [0.25, 0.3) is 10.1 Å². The summed E-state index contributed by atoms with van der Waals surface area (Å²) >= 11 is 0. The van der Waals surface area contributed by atoms with Crippen molar-refractivity contribution in [1.82, 2.24) is 0 Å². The quantitative estimate of drug-likeness (QED) is 0.447. The monoisotopic (exact) mass is 382 g/mol. The fourth-order valence-corrected chi connectivity index (χ4v) is 3.11. The minimum absolute atomic E-state index is 0.496. The lowest BCUT2D eigenvalue weighted by atomic mass is 10.1. The molecule has 2 rings (SSSR count). The van der Waals surface area contributed by atoms with E-state index < -0.39 is 65.2 Å². The highest BCUT2D eigenvalue weighted by Crippen LogP contribution is 2.40. The first kappa shape index (κ1) is 20.0. The molecule has 0 bridgehead atoms. The van der Waals surface area contributed by atoms with E-state index in [2.05, 4.69) is 0 Å². The molecule has 2 heterocycles. The predicted molar refractivity (Wildman–Crippen MR) is 80.6 cm³/mol. The van der Waals surface area contributed by atoms with Crippen molar-refractivity contribution in [1.29, 1.82) is 0 Å². The Kier molecular flexibility index (Phi) is 5.74. The van der Waals surface area contributed by atoms with Crippen LogP contribution in [-0.2, 0) is 47.6 Å². The summed E-state index contributed by atoms with van der Waals surface area (Å²) in [7, 11) is -3.78. The van der Waals surface area contributed by atoms with Crippen LogP contribution in [0.15, 0.2) is 0 Å². The molecule has 2 fully saturated rings. The number of fused-ring (bicyclic) bond motifs is 1. The zero-order valence-electron chi connectivity index (χ0n) is 14.6. The second-order valence-corrected chi connectivity index (χ2v) is 7.92. The van der Waals surface area contributed by atoms with Gasteiger partial charge in [-0.2, -0.15) is 8.42 Å². The molecule has 11 heteroatoms. The van der Waals surface area contributed by atoms with E-state index in [1.165, 1.54) is 6.92 Å². The first-order valence-electron chi connectivity index (χ1n) is 7.58. The Hall–Kier alpha value is -1.27. The molecular weight excluding hydrogens is 360 g/mol. The van der Waals surface area contributed by atoms with Crippen molar-refractivity contribution in [2.75, 3.05) is 12.9 Å². The maximum atomic E-state index is 11.4. The zero-order chi connectivity index (χ0) is 19.0. The van der Waals surface area contributed by atoms with Gasteiger partial charge in [-0.25, -0.2) is 0 Å². The third-order valence-electron chi connectivity index (χ3n) is 3.46. The van der Waals surface area contributed by atoms with E-state index in [0.29, 0.717) is 0 Å². The van der Waals surface area contributed by atoms with Crippen molar-refractivity contribution in [3.05, 3.63) is 0 Å². The lowest BCUT2D eigenvalue weighted by Crippen LogP contribution is -2.47. The molecule has 5 atom stereocenters. The highest BCUT2D eigenvalue weighted by Gasteiger charge is 2.59. The molecule has 0 amide bonds. The van der Waals surface area contributed by atoms with Crippen molar-refractivity contribution in [3.63, 3.8) is 0 Å². The number of rotatable bonds is 6. The highest BCUT2D eigenvalue weighted by atomic mass is 32.2. The van der Waals surface area contributed by atoms with Crippen LogP contribution in [0.1, 0.15) is 27.7 Å². The van der Waals surface area contributed by atoms with E-state index in [1.54, 1.807) is 13.8 Å². The molecule has 0 aromatic heterocycles.